The van der Waals surface area contributed by atoms with Gasteiger partial charge in [0.2, 0.25) is 0 Å². The van der Waals surface area contributed by atoms with Crippen molar-refractivity contribution in [1.29, 1.82) is 0 Å². The molecule has 3 rings (SSSR count). The third kappa shape index (κ3) is 3.30. The van der Waals surface area contributed by atoms with E-state index in [1.807, 2.05) is 18.2 Å². The van der Waals surface area contributed by atoms with Crippen molar-refractivity contribution in [2.75, 3.05) is 19.6 Å². The van der Waals surface area contributed by atoms with Crippen molar-refractivity contribution >= 4 is 23.2 Å². The van der Waals surface area contributed by atoms with Gasteiger partial charge in [-0.3, -0.25) is 4.90 Å². The van der Waals surface area contributed by atoms with Crippen LogP contribution in [-0.2, 0) is 6.54 Å². The maximum Gasteiger partial charge on any atom is 0.0452 e. The molecular formula is C16H22Cl2N2. The van der Waals surface area contributed by atoms with E-state index in [0.717, 1.165) is 41.8 Å². The maximum atomic E-state index is 6.31. The predicted octanol–water partition coefficient (Wildman–Crippen LogP) is 4.10. The van der Waals surface area contributed by atoms with E-state index in [2.05, 4.69) is 10.2 Å². The van der Waals surface area contributed by atoms with Gasteiger partial charge in [-0.2, -0.15) is 0 Å². The fourth-order valence-electron chi connectivity index (χ4n) is 3.65. The molecule has 1 saturated carbocycles. The summed E-state index contributed by atoms with van der Waals surface area (Å²) >= 11 is 12.4. The highest BCUT2D eigenvalue weighted by atomic mass is 35.5. The van der Waals surface area contributed by atoms with Gasteiger partial charge in [-0.15, -0.1) is 0 Å². The molecule has 1 aromatic carbocycles. The van der Waals surface area contributed by atoms with E-state index in [0.29, 0.717) is 5.54 Å². The highest BCUT2D eigenvalue weighted by molar-refractivity contribution is 6.33. The molecule has 0 bridgehead atoms. The summed E-state index contributed by atoms with van der Waals surface area (Å²) in [5, 5.41) is 5.40. The first kappa shape index (κ1) is 14.6. The summed E-state index contributed by atoms with van der Waals surface area (Å²) in [4.78, 5) is 2.54. The van der Waals surface area contributed by atoms with E-state index in [-0.39, 0.29) is 0 Å². The second kappa shape index (κ2) is 6.23. The zero-order chi connectivity index (χ0) is 14.0. The maximum absolute atomic E-state index is 6.31. The second-order valence-corrected chi connectivity index (χ2v) is 7.06. The standard InChI is InChI=1S/C16H22Cl2N2/c17-14-4-5-15(18)13(10-14)11-20-9-3-8-19-16(12-20)6-1-2-7-16/h4-5,10,19H,1-3,6-9,11-12H2. The molecule has 1 saturated heterocycles. The Bertz CT molecular complexity index is 470. The smallest absolute Gasteiger partial charge is 0.0452 e. The van der Waals surface area contributed by atoms with Crippen LogP contribution >= 0.6 is 23.2 Å². The summed E-state index contributed by atoms with van der Waals surface area (Å²) in [7, 11) is 0. The molecule has 0 atom stereocenters. The minimum Gasteiger partial charge on any atom is -0.310 e. The molecular weight excluding hydrogens is 291 g/mol. The lowest BCUT2D eigenvalue weighted by Crippen LogP contribution is -2.49. The van der Waals surface area contributed by atoms with Gasteiger partial charge in [0.05, 0.1) is 0 Å². The molecule has 1 aromatic rings. The number of nitrogens with zero attached hydrogens (tertiary/aromatic N) is 1. The Morgan fingerprint density at radius 1 is 1.15 bits per heavy atom. The molecule has 2 fully saturated rings. The molecule has 1 aliphatic heterocycles. The Morgan fingerprint density at radius 3 is 2.75 bits per heavy atom. The molecule has 0 unspecified atom stereocenters. The number of hydrogen-bond donors (Lipinski definition) is 1. The van der Waals surface area contributed by atoms with Gasteiger partial charge in [0.15, 0.2) is 0 Å². The highest BCUT2D eigenvalue weighted by Crippen LogP contribution is 2.32. The van der Waals surface area contributed by atoms with Crippen LogP contribution in [0.1, 0.15) is 37.7 Å². The van der Waals surface area contributed by atoms with Crippen LogP contribution in [0.3, 0.4) is 0 Å². The predicted molar refractivity (Wildman–Crippen MR) is 85.6 cm³/mol. The van der Waals surface area contributed by atoms with Gasteiger partial charge in [-0.05, 0) is 56.1 Å². The second-order valence-electron chi connectivity index (χ2n) is 6.21. The molecule has 0 amide bonds. The Hall–Kier alpha value is -0.280. The molecule has 1 heterocycles. The van der Waals surface area contributed by atoms with E-state index >= 15 is 0 Å². The summed E-state index contributed by atoms with van der Waals surface area (Å²) < 4.78 is 0. The quantitative estimate of drug-likeness (QED) is 0.884. The lowest BCUT2D eigenvalue weighted by atomic mass is 9.97. The molecule has 0 radical (unpaired) electrons. The molecule has 4 heteroatoms. The lowest BCUT2D eigenvalue weighted by molar-refractivity contribution is 0.203. The molecule has 2 aliphatic rings. The number of rotatable bonds is 2. The van der Waals surface area contributed by atoms with Gasteiger partial charge < -0.3 is 5.32 Å². The van der Waals surface area contributed by atoms with Crippen molar-refractivity contribution in [2.24, 2.45) is 0 Å². The van der Waals surface area contributed by atoms with E-state index in [9.17, 15) is 0 Å². The van der Waals surface area contributed by atoms with Gasteiger partial charge in [0, 0.05) is 28.7 Å². The van der Waals surface area contributed by atoms with E-state index < -0.39 is 0 Å². The number of halogens is 2. The SMILES string of the molecule is Clc1ccc(Cl)c(CN2CCCNC3(CCCC3)C2)c1. The van der Waals surface area contributed by atoms with Gasteiger partial charge >= 0.3 is 0 Å². The van der Waals surface area contributed by atoms with Crippen molar-refractivity contribution in [3.05, 3.63) is 33.8 Å². The van der Waals surface area contributed by atoms with Crippen LogP contribution in [0.2, 0.25) is 10.0 Å². The van der Waals surface area contributed by atoms with Crippen molar-refractivity contribution < 1.29 is 0 Å². The molecule has 2 nitrogen and oxygen atoms in total. The Kier molecular flexibility index (Phi) is 4.56. The van der Waals surface area contributed by atoms with Crippen LogP contribution in [0.15, 0.2) is 18.2 Å². The van der Waals surface area contributed by atoms with E-state index in [1.165, 1.54) is 32.1 Å². The zero-order valence-corrected chi connectivity index (χ0v) is 13.3. The number of benzene rings is 1. The molecule has 0 aromatic heterocycles. The summed E-state index contributed by atoms with van der Waals surface area (Å²) in [6.45, 7) is 4.32. The topological polar surface area (TPSA) is 15.3 Å². The first-order valence-electron chi connectivity index (χ1n) is 7.58. The molecule has 1 spiro atoms. The van der Waals surface area contributed by atoms with Crippen LogP contribution in [0, 0.1) is 0 Å². The van der Waals surface area contributed by atoms with E-state index in [4.69, 9.17) is 23.2 Å². The fraction of sp³-hybridized carbons (Fsp3) is 0.625. The largest absolute Gasteiger partial charge is 0.310 e. The third-order valence-electron chi connectivity index (χ3n) is 4.64. The van der Waals surface area contributed by atoms with Gasteiger partial charge in [0.1, 0.15) is 0 Å². The van der Waals surface area contributed by atoms with Crippen LogP contribution in [-0.4, -0.2) is 30.1 Å². The molecule has 20 heavy (non-hydrogen) atoms. The fourth-order valence-corrected chi connectivity index (χ4v) is 4.02. The molecule has 1 aliphatic carbocycles. The van der Waals surface area contributed by atoms with Crippen LogP contribution in [0.4, 0.5) is 0 Å². The Labute approximate surface area is 131 Å². The van der Waals surface area contributed by atoms with Gasteiger partial charge in [-0.1, -0.05) is 36.0 Å². The van der Waals surface area contributed by atoms with E-state index in [1.54, 1.807) is 0 Å². The zero-order valence-electron chi connectivity index (χ0n) is 11.8. The normalized spacial score (nSPS) is 23.1. The van der Waals surface area contributed by atoms with Crippen LogP contribution in [0.25, 0.3) is 0 Å². The Morgan fingerprint density at radius 2 is 1.95 bits per heavy atom. The first-order chi connectivity index (χ1) is 9.67. The van der Waals surface area contributed by atoms with Crippen LogP contribution in [0.5, 0.6) is 0 Å². The summed E-state index contributed by atoms with van der Waals surface area (Å²) in [6, 6.07) is 5.76. The number of nitrogens with one attached hydrogen (secondary N) is 1. The van der Waals surface area contributed by atoms with Crippen molar-refractivity contribution in [3.8, 4) is 0 Å². The van der Waals surface area contributed by atoms with Crippen molar-refractivity contribution in [1.82, 2.24) is 10.2 Å². The molecule has 1 N–H and O–H groups in total. The summed E-state index contributed by atoms with van der Waals surface area (Å²) in [5.41, 5.74) is 1.50. The van der Waals surface area contributed by atoms with Crippen molar-refractivity contribution in [3.63, 3.8) is 0 Å². The average Bonchev–Trinajstić information content (AvgIpc) is 2.77. The summed E-state index contributed by atoms with van der Waals surface area (Å²) in [6.07, 6.45) is 6.55. The van der Waals surface area contributed by atoms with Gasteiger partial charge in [0.25, 0.3) is 0 Å². The Balaban J connectivity index is 1.73. The first-order valence-corrected chi connectivity index (χ1v) is 8.34. The van der Waals surface area contributed by atoms with Crippen LogP contribution < -0.4 is 5.32 Å². The highest BCUT2D eigenvalue weighted by Gasteiger charge is 2.36. The average molecular weight is 313 g/mol. The number of hydrogen-bond acceptors (Lipinski definition) is 2. The minimum absolute atomic E-state index is 0.349. The monoisotopic (exact) mass is 312 g/mol. The third-order valence-corrected chi connectivity index (χ3v) is 5.24. The summed E-state index contributed by atoms with van der Waals surface area (Å²) in [5.74, 6) is 0. The van der Waals surface area contributed by atoms with Gasteiger partial charge in [-0.25, -0.2) is 0 Å². The minimum atomic E-state index is 0.349. The lowest BCUT2D eigenvalue weighted by Gasteiger charge is -2.33. The van der Waals surface area contributed by atoms with Crippen molar-refractivity contribution in [2.45, 2.75) is 44.2 Å². The molecule has 110 valence electrons.